The fourth-order valence-corrected chi connectivity index (χ4v) is 1.41. The van der Waals surface area contributed by atoms with Crippen LogP contribution in [-0.4, -0.2) is 0 Å². The molecule has 0 saturated heterocycles. The van der Waals surface area contributed by atoms with Gasteiger partial charge in [-0.05, 0) is 64.2 Å². The maximum Gasteiger partial charge on any atom is 0.00293 e. The second-order valence-electron chi connectivity index (χ2n) is 4.28. The quantitative estimate of drug-likeness (QED) is 0.176. The van der Waals surface area contributed by atoms with E-state index in [1.54, 1.807) is 0 Å². The van der Waals surface area contributed by atoms with Gasteiger partial charge in [-0.3, -0.25) is 0 Å². The van der Waals surface area contributed by atoms with Crippen molar-refractivity contribution >= 4 is 0 Å². The predicted molar refractivity (Wildman–Crippen MR) is 82.3 cm³/mol. The van der Waals surface area contributed by atoms with Crippen LogP contribution in [0, 0.1) is 11.8 Å². The highest BCUT2D eigenvalue weighted by molar-refractivity contribution is 5.31. The van der Waals surface area contributed by atoms with Crippen molar-refractivity contribution in [2.45, 2.75) is 46.0 Å². The van der Waals surface area contributed by atoms with Crippen LogP contribution in [0.2, 0.25) is 0 Å². The van der Waals surface area contributed by atoms with Gasteiger partial charge in [-0.1, -0.05) is 17.6 Å². The lowest BCUT2D eigenvalue weighted by atomic mass is 10.1. The van der Waals surface area contributed by atoms with Gasteiger partial charge in [0.1, 0.15) is 0 Å². The van der Waals surface area contributed by atoms with E-state index in [2.05, 4.69) is 43.7 Å². The molecular formula is C18H24. The van der Waals surface area contributed by atoms with E-state index in [-0.39, 0.29) is 0 Å². The van der Waals surface area contributed by atoms with Gasteiger partial charge >= 0.3 is 0 Å². The van der Waals surface area contributed by atoms with Crippen LogP contribution in [0.5, 0.6) is 0 Å². The van der Waals surface area contributed by atoms with Crippen molar-refractivity contribution in [2.24, 2.45) is 0 Å². The molecule has 0 rings (SSSR count). The standard InChI is InChI=1S/C18H24/c1-5-7-15-18(13-6-2)16-12-10-8-9-11-14-17(3)4/h5,8,12,16H,1,3,7,9,11,14-15H2,2,4H3/b18-16+. The SMILES string of the molecule is C=CCC/C(C#CC)=C/C=C=CCCCC(=C)C. The number of rotatable bonds is 8. The smallest absolute Gasteiger partial charge is 0.00293 e. The number of unbranched alkanes of at least 4 members (excludes halogenated alkanes) is 1. The van der Waals surface area contributed by atoms with Gasteiger partial charge in [0.05, 0.1) is 0 Å². The van der Waals surface area contributed by atoms with E-state index in [0.29, 0.717) is 0 Å². The fourth-order valence-electron chi connectivity index (χ4n) is 1.41. The van der Waals surface area contributed by atoms with Crippen molar-refractivity contribution in [1.29, 1.82) is 0 Å². The third kappa shape index (κ3) is 10.8. The Bertz CT molecular complexity index is 401. The van der Waals surface area contributed by atoms with Crippen LogP contribution in [0.4, 0.5) is 0 Å². The molecule has 0 aromatic carbocycles. The molecule has 0 spiro atoms. The molecule has 0 aliphatic rings. The molecule has 0 aromatic rings. The first kappa shape index (κ1) is 16.3. The average molecular weight is 240 g/mol. The Morgan fingerprint density at radius 1 is 1.22 bits per heavy atom. The molecule has 0 bridgehead atoms. The third-order valence-corrected chi connectivity index (χ3v) is 2.35. The second kappa shape index (κ2) is 11.8. The molecule has 0 aromatic heterocycles. The minimum Gasteiger partial charge on any atom is -0.125 e. The van der Waals surface area contributed by atoms with Crippen LogP contribution in [0.3, 0.4) is 0 Å². The molecule has 96 valence electrons. The molecular weight excluding hydrogens is 216 g/mol. The maximum absolute atomic E-state index is 3.89. The summed E-state index contributed by atoms with van der Waals surface area (Å²) in [7, 11) is 0. The van der Waals surface area contributed by atoms with Crippen molar-refractivity contribution in [1.82, 2.24) is 0 Å². The van der Waals surface area contributed by atoms with E-state index in [9.17, 15) is 0 Å². The number of hydrogen-bond donors (Lipinski definition) is 0. The molecule has 18 heavy (non-hydrogen) atoms. The molecule has 0 aliphatic heterocycles. The van der Waals surface area contributed by atoms with Crippen LogP contribution in [-0.2, 0) is 0 Å². The summed E-state index contributed by atoms with van der Waals surface area (Å²) in [5.74, 6) is 6.03. The largest absolute Gasteiger partial charge is 0.125 e. The van der Waals surface area contributed by atoms with Crippen molar-refractivity contribution in [2.75, 3.05) is 0 Å². The Morgan fingerprint density at radius 3 is 2.61 bits per heavy atom. The lowest BCUT2D eigenvalue weighted by Gasteiger charge is -1.94. The molecule has 0 heterocycles. The summed E-state index contributed by atoms with van der Waals surface area (Å²) in [6.07, 6.45) is 13.2. The first-order valence-electron chi connectivity index (χ1n) is 6.48. The monoisotopic (exact) mass is 240 g/mol. The molecule has 0 fully saturated rings. The van der Waals surface area contributed by atoms with Gasteiger partial charge in [0.25, 0.3) is 0 Å². The van der Waals surface area contributed by atoms with Crippen molar-refractivity contribution in [3.05, 3.63) is 54.3 Å². The van der Waals surface area contributed by atoms with Crippen LogP contribution >= 0.6 is 0 Å². The van der Waals surface area contributed by atoms with Crippen molar-refractivity contribution in [3.8, 4) is 11.8 Å². The highest BCUT2D eigenvalue weighted by Crippen LogP contribution is 2.05. The summed E-state index contributed by atoms with van der Waals surface area (Å²) in [6, 6.07) is 0. The van der Waals surface area contributed by atoms with Gasteiger partial charge in [0, 0.05) is 5.57 Å². The van der Waals surface area contributed by atoms with Gasteiger partial charge in [-0.15, -0.1) is 24.8 Å². The number of hydrogen-bond acceptors (Lipinski definition) is 0. The predicted octanol–water partition coefficient (Wildman–Crippen LogP) is 5.36. The summed E-state index contributed by atoms with van der Waals surface area (Å²) in [5, 5.41) is 0. The second-order valence-corrected chi connectivity index (χ2v) is 4.28. The van der Waals surface area contributed by atoms with E-state index in [0.717, 1.165) is 37.7 Å². The molecule has 0 heteroatoms. The maximum atomic E-state index is 3.89. The third-order valence-electron chi connectivity index (χ3n) is 2.35. The molecule has 0 N–H and O–H groups in total. The summed E-state index contributed by atoms with van der Waals surface area (Å²) in [4.78, 5) is 0. The zero-order valence-corrected chi connectivity index (χ0v) is 11.8. The zero-order chi connectivity index (χ0) is 13.6. The minimum atomic E-state index is 0.957. The molecule has 0 amide bonds. The van der Waals surface area contributed by atoms with Gasteiger partial charge in [-0.2, -0.15) is 0 Å². The Balaban J connectivity index is 4.18. The van der Waals surface area contributed by atoms with Crippen LogP contribution < -0.4 is 0 Å². The molecule has 0 atom stereocenters. The first-order valence-corrected chi connectivity index (χ1v) is 6.48. The van der Waals surface area contributed by atoms with Gasteiger partial charge < -0.3 is 0 Å². The van der Waals surface area contributed by atoms with Gasteiger partial charge in [-0.25, -0.2) is 0 Å². The van der Waals surface area contributed by atoms with Crippen LogP contribution in [0.15, 0.2) is 54.3 Å². The molecule has 0 nitrogen and oxygen atoms in total. The molecule has 0 unspecified atom stereocenters. The normalized spacial score (nSPS) is 9.78. The highest BCUT2D eigenvalue weighted by Gasteiger charge is 1.88. The summed E-state index contributed by atoms with van der Waals surface area (Å²) >= 11 is 0. The van der Waals surface area contributed by atoms with E-state index in [4.69, 9.17) is 0 Å². The Hall–Kier alpha value is -1.70. The average Bonchev–Trinajstić information content (AvgIpc) is 2.34. The van der Waals surface area contributed by atoms with Crippen molar-refractivity contribution in [3.63, 3.8) is 0 Å². The Morgan fingerprint density at radius 2 is 2.00 bits per heavy atom. The molecule has 0 radical (unpaired) electrons. The van der Waals surface area contributed by atoms with E-state index >= 15 is 0 Å². The van der Waals surface area contributed by atoms with E-state index < -0.39 is 0 Å². The summed E-state index contributed by atoms with van der Waals surface area (Å²) in [6.45, 7) is 11.5. The summed E-state index contributed by atoms with van der Waals surface area (Å²) < 4.78 is 0. The topological polar surface area (TPSA) is 0 Å². The Kier molecular flexibility index (Phi) is 10.7. The van der Waals surface area contributed by atoms with E-state index in [1.807, 2.05) is 25.2 Å². The first-order chi connectivity index (χ1) is 8.70. The Labute approximate surface area is 112 Å². The lowest BCUT2D eigenvalue weighted by molar-refractivity contribution is 0.836. The van der Waals surface area contributed by atoms with Gasteiger partial charge in [0.15, 0.2) is 0 Å². The summed E-state index contributed by atoms with van der Waals surface area (Å²) in [5.41, 5.74) is 5.56. The fraction of sp³-hybridized carbons (Fsp3) is 0.389. The number of allylic oxidation sites excluding steroid dienone is 5. The zero-order valence-electron chi connectivity index (χ0n) is 11.8. The molecule has 0 saturated carbocycles. The minimum absolute atomic E-state index is 0.957. The van der Waals surface area contributed by atoms with Crippen molar-refractivity contribution < 1.29 is 0 Å². The van der Waals surface area contributed by atoms with Gasteiger partial charge in [0.2, 0.25) is 0 Å². The lowest BCUT2D eigenvalue weighted by Crippen LogP contribution is -1.77. The van der Waals surface area contributed by atoms with Crippen LogP contribution in [0.25, 0.3) is 0 Å². The van der Waals surface area contributed by atoms with E-state index in [1.165, 1.54) is 5.57 Å². The molecule has 0 aliphatic carbocycles. The van der Waals surface area contributed by atoms with Crippen LogP contribution in [0.1, 0.15) is 46.0 Å². The highest BCUT2D eigenvalue weighted by atomic mass is 13.9.